The van der Waals surface area contributed by atoms with Gasteiger partial charge in [0, 0.05) is 17.9 Å². The number of nitrogens with zero attached hydrogens (tertiary/aromatic N) is 1. The predicted octanol–water partition coefficient (Wildman–Crippen LogP) is 3.42. The SMILES string of the molecule is CCc1ccc(OCCc2nc(/C=C/C(=O)O)cs2)cc1. The summed E-state index contributed by atoms with van der Waals surface area (Å²) < 4.78 is 5.67. The maximum atomic E-state index is 10.4. The molecule has 1 N–H and O–H groups in total. The van der Waals surface area contributed by atoms with E-state index in [9.17, 15) is 4.79 Å². The van der Waals surface area contributed by atoms with E-state index in [2.05, 4.69) is 24.0 Å². The quantitative estimate of drug-likeness (QED) is 0.796. The molecule has 0 saturated carbocycles. The molecule has 0 amide bonds. The number of benzene rings is 1. The van der Waals surface area contributed by atoms with Crippen molar-refractivity contribution in [3.8, 4) is 5.75 Å². The van der Waals surface area contributed by atoms with Crippen LogP contribution in [-0.2, 0) is 17.6 Å². The van der Waals surface area contributed by atoms with Gasteiger partial charge in [-0.05, 0) is 30.2 Å². The summed E-state index contributed by atoms with van der Waals surface area (Å²) in [5, 5.41) is 11.3. The molecule has 1 aromatic carbocycles. The molecule has 0 unspecified atom stereocenters. The molecule has 4 nitrogen and oxygen atoms in total. The Balaban J connectivity index is 1.81. The Kier molecular flexibility index (Phi) is 5.51. The largest absolute Gasteiger partial charge is 0.493 e. The number of carboxylic acids is 1. The number of ether oxygens (including phenoxy) is 1. The number of aryl methyl sites for hydroxylation is 1. The van der Waals surface area contributed by atoms with E-state index >= 15 is 0 Å². The van der Waals surface area contributed by atoms with E-state index < -0.39 is 5.97 Å². The van der Waals surface area contributed by atoms with Gasteiger partial charge in [0.1, 0.15) is 5.75 Å². The standard InChI is InChI=1S/C16H17NO3S/c1-2-12-3-6-14(7-4-12)20-10-9-15-17-13(11-21-15)5-8-16(18)19/h3-8,11H,2,9-10H2,1H3,(H,18,19)/b8-5+. The number of thiazole rings is 1. The number of carbonyl (C=O) groups is 1. The van der Waals surface area contributed by atoms with Gasteiger partial charge in [-0.1, -0.05) is 19.1 Å². The van der Waals surface area contributed by atoms with Crippen molar-refractivity contribution in [2.75, 3.05) is 6.61 Å². The summed E-state index contributed by atoms with van der Waals surface area (Å²) in [6.07, 6.45) is 4.31. The molecule has 110 valence electrons. The number of rotatable bonds is 7. The van der Waals surface area contributed by atoms with Gasteiger partial charge in [-0.3, -0.25) is 0 Å². The summed E-state index contributed by atoms with van der Waals surface area (Å²) in [5.74, 6) is -0.113. The summed E-state index contributed by atoms with van der Waals surface area (Å²) in [6, 6.07) is 8.07. The van der Waals surface area contributed by atoms with E-state index in [0.29, 0.717) is 18.7 Å². The smallest absolute Gasteiger partial charge is 0.328 e. The van der Waals surface area contributed by atoms with Crippen molar-refractivity contribution in [3.05, 3.63) is 52.0 Å². The lowest BCUT2D eigenvalue weighted by Crippen LogP contribution is -2.01. The van der Waals surface area contributed by atoms with Gasteiger partial charge in [-0.2, -0.15) is 0 Å². The average molecular weight is 303 g/mol. The molecular formula is C16H17NO3S. The monoisotopic (exact) mass is 303 g/mol. The first-order valence-electron chi connectivity index (χ1n) is 6.74. The Hall–Kier alpha value is -2.14. The van der Waals surface area contributed by atoms with E-state index in [0.717, 1.165) is 23.3 Å². The van der Waals surface area contributed by atoms with Gasteiger partial charge in [-0.15, -0.1) is 11.3 Å². The molecule has 0 atom stereocenters. The summed E-state index contributed by atoms with van der Waals surface area (Å²) in [5.41, 5.74) is 1.96. The molecule has 0 aliphatic carbocycles. The average Bonchev–Trinajstić information content (AvgIpc) is 2.94. The highest BCUT2D eigenvalue weighted by Crippen LogP contribution is 2.15. The molecule has 0 radical (unpaired) electrons. The number of hydrogen-bond donors (Lipinski definition) is 1. The number of aliphatic carboxylic acids is 1. The highest BCUT2D eigenvalue weighted by Gasteiger charge is 2.01. The van der Waals surface area contributed by atoms with Crippen LogP contribution in [0.1, 0.15) is 23.2 Å². The van der Waals surface area contributed by atoms with Crippen LogP contribution in [0, 0.1) is 0 Å². The maximum Gasteiger partial charge on any atom is 0.328 e. The second kappa shape index (κ2) is 7.59. The van der Waals surface area contributed by atoms with Crippen LogP contribution in [0.4, 0.5) is 0 Å². The fraction of sp³-hybridized carbons (Fsp3) is 0.250. The molecule has 21 heavy (non-hydrogen) atoms. The summed E-state index contributed by atoms with van der Waals surface area (Å²) in [4.78, 5) is 14.8. The zero-order valence-corrected chi connectivity index (χ0v) is 12.6. The van der Waals surface area contributed by atoms with Crippen LogP contribution < -0.4 is 4.74 Å². The zero-order chi connectivity index (χ0) is 15.1. The van der Waals surface area contributed by atoms with E-state index in [4.69, 9.17) is 9.84 Å². The third-order valence-corrected chi connectivity index (χ3v) is 3.81. The molecule has 0 spiro atoms. The second-order valence-corrected chi connectivity index (χ2v) is 5.38. The van der Waals surface area contributed by atoms with Gasteiger partial charge in [0.15, 0.2) is 0 Å². The van der Waals surface area contributed by atoms with E-state index in [1.807, 2.05) is 17.5 Å². The fourth-order valence-electron chi connectivity index (χ4n) is 1.75. The molecule has 1 heterocycles. The first kappa shape index (κ1) is 15.3. The molecule has 0 fully saturated rings. The molecule has 2 rings (SSSR count). The minimum absolute atomic E-state index is 0.557. The van der Waals surface area contributed by atoms with Crippen molar-refractivity contribution < 1.29 is 14.6 Å². The summed E-state index contributed by atoms with van der Waals surface area (Å²) in [7, 11) is 0. The molecular weight excluding hydrogens is 286 g/mol. The van der Waals surface area contributed by atoms with Gasteiger partial charge in [-0.25, -0.2) is 9.78 Å². The number of hydrogen-bond acceptors (Lipinski definition) is 4. The lowest BCUT2D eigenvalue weighted by molar-refractivity contribution is -0.131. The van der Waals surface area contributed by atoms with Gasteiger partial charge < -0.3 is 9.84 Å². The van der Waals surface area contributed by atoms with Gasteiger partial charge in [0.05, 0.1) is 17.3 Å². The van der Waals surface area contributed by atoms with E-state index in [1.54, 1.807) is 0 Å². The van der Waals surface area contributed by atoms with Crippen LogP contribution >= 0.6 is 11.3 Å². The molecule has 0 aliphatic rings. The highest BCUT2D eigenvalue weighted by molar-refractivity contribution is 7.09. The maximum absolute atomic E-state index is 10.4. The first-order valence-corrected chi connectivity index (χ1v) is 7.62. The normalized spacial score (nSPS) is 10.9. The Labute approximate surface area is 127 Å². The molecule has 1 aromatic heterocycles. The van der Waals surface area contributed by atoms with E-state index in [-0.39, 0.29) is 0 Å². The molecule has 0 aliphatic heterocycles. The zero-order valence-electron chi connectivity index (χ0n) is 11.8. The Morgan fingerprint density at radius 3 is 2.81 bits per heavy atom. The Morgan fingerprint density at radius 2 is 2.14 bits per heavy atom. The highest BCUT2D eigenvalue weighted by atomic mass is 32.1. The predicted molar refractivity (Wildman–Crippen MR) is 83.8 cm³/mol. The van der Waals surface area contributed by atoms with Crippen molar-refractivity contribution in [2.24, 2.45) is 0 Å². The second-order valence-electron chi connectivity index (χ2n) is 4.43. The number of carboxylic acid groups (broad SMARTS) is 1. The summed E-state index contributed by atoms with van der Waals surface area (Å²) >= 11 is 1.51. The third kappa shape index (κ3) is 5.04. The van der Waals surface area contributed by atoms with Gasteiger partial charge >= 0.3 is 5.97 Å². The van der Waals surface area contributed by atoms with Crippen LogP contribution in [0.2, 0.25) is 0 Å². The molecule has 0 saturated heterocycles. The lowest BCUT2D eigenvalue weighted by Gasteiger charge is -2.05. The van der Waals surface area contributed by atoms with Gasteiger partial charge in [0.25, 0.3) is 0 Å². The third-order valence-electron chi connectivity index (χ3n) is 2.88. The molecule has 2 aromatic rings. The van der Waals surface area contributed by atoms with Crippen LogP contribution in [0.15, 0.2) is 35.7 Å². The van der Waals surface area contributed by atoms with E-state index in [1.165, 1.54) is 23.0 Å². The van der Waals surface area contributed by atoms with Crippen LogP contribution in [-0.4, -0.2) is 22.7 Å². The van der Waals surface area contributed by atoms with Crippen molar-refractivity contribution in [3.63, 3.8) is 0 Å². The van der Waals surface area contributed by atoms with Crippen molar-refractivity contribution in [1.82, 2.24) is 4.98 Å². The van der Waals surface area contributed by atoms with Crippen LogP contribution in [0.25, 0.3) is 6.08 Å². The van der Waals surface area contributed by atoms with Crippen molar-refractivity contribution in [2.45, 2.75) is 19.8 Å². The van der Waals surface area contributed by atoms with Crippen molar-refractivity contribution in [1.29, 1.82) is 0 Å². The number of aromatic nitrogens is 1. The Morgan fingerprint density at radius 1 is 1.38 bits per heavy atom. The Bertz CT molecular complexity index is 617. The van der Waals surface area contributed by atoms with Crippen LogP contribution in [0.5, 0.6) is 5.75 Å². The summed E-state index contributed by atoms with van der Waals surface area (Å²) in [6.45, 7) is 2.68. The van der Waals surface area contributed by atoms with Crippen LogP contribution in [0.3, 0.4) is 0 Å². The van der Waals surface area contributed by atoms with Gasteiger partial charge in [0.2, 0.25) is 0 Å². The molecule has 0 bridgehead atoms. The minimum atomic E-state index is -0.969. The fourth-order valence-corrected chi connectivity index (χ4v) is 2.50. The topological polar surface area (TPSA) is 59.4 Å². The lowest BCUT2D eigenvalue weighted by atomic mass is 10.2. The first-order chi connectivity index (χ1) is 10.2. The van der Waals surface area contributed by atoms with Crippen molar-refractivity contribution >= 4 is 23.4 Å². The molecule has 5 heteroatoms. The minimum Gasteiger partial charge on any atom is -0.493 e.